The number of carboxylic acids is 1. The van der Waals surface area contributed by atoms with Crippen LogP contribution in [0.15, 0.2) is 66.7 Å². The number of rotatable bonds is 8. The van der Waals surface area contributed by atoms with E-state index in [1.54, 1.807) is 12.1 Å². The third-order valence-electron chi connectivity index (χ3n) is 5.33. The number of nitrogens with one attached hydrogen (secondary N) is 1. The molecule has 3 aromatic rings. The Hall–Kier alpha value is -3.34. The van der Waals surface area contributed by atoms with Gasteiger partial charge < -0.3 is 15.2 Å². The Morgan fingerprint density at radius 3 is 2.52 bits per heavy atom. The summed E-state index contributed by atoms with van der Waals surface area (Å²) >= 11 is 0. The molecule has 5 nitrogen and oxygen atoms in total. The lowest BCUT2D eigenvalue weighted by Gasteiger charge is -2.07. The second-order valence-electron chi connectivity index (χ2n) is 7.42. The fourth-order valence-electron chi connectivity index (χ4n) is 3.65. The van der Waals surface area contributed by atoms with Gasteiger partial charge in [-0.1, -0.05) is 54.6 Å². The van der Waals surface area contributed by atoms with Gasteiger partial charge in [-0.25, -0.2) is 4.79 Å². The number of carbonyl (C=O) groups excluding carboxylic acids is 1. The zero-order valence-corrected chi connectivity index (χ0v) is 16.0. The molecule has 0 aromatic heterocycles. The minimum Gasteiger partial charge on any atom is -0.482 e. The molecule has 0 saturated heterocycles. The van der Waals surface area contributed by atoms with E-state index in [9.17, 15) is 9.59 Å². The molecular weight excluding hydrogens is 366 g/mol. The predicted octanol–water partition coefficient (Wildman–Crippen LogP) is 3.77. The number of aliphatic carboxylic acids is 1. The average Bonchev–Trinajstić information content (AvgIpc) is 3.54. The summed E-state index contributed by atoms with van der Waals surface area (Å²) in [5, 5.41) is 14.1. The van der Waals surface area contributed by atoms with E-state index in [0.29, 0.717) is 18.2 Å². The van der Waals surface area contributed by atoms with E-state index in [-0.39, 0.29) is 18.4 Å². The van der Waals surface area contributed by atoms with E-state index in [2.05, 4.69) is 35.6 Å². The molecule has 4 rings (SSSR count). The zero-order chi connectivity index (χ0) is 20.2. The molecular formula is C24H23NO4. The van der Waals surface area contributed by atoms with E-state index in [1.165, 1.54) is 16.3 Å². The minimum absolute atomic E-state index is 0.0583. The third-order valence-corrected chi connectivity index (χ3v) is 5.33. The fraction of sp³-hybridized carbons (Fsp3) is 0.250. The lowest BCUT2D eigenvalue weighted by Crippen LogP contribution is -2.27. The van der Waals surface area contributed by atoms with E-state index >= 15 is 0 Å². The predicted molar refractivity (Wildman–Crippen MR) is 111 cm³/mol. The van der Waals surface area contributed by atoms with Gasteiger partial charge in [-0.05, 0) is 52.8 Å². The molecule has 0 radical (unpaired) electrons. The van der Waals surface area contributed by atoms with Crippen LogP contribution in [0.5, 0.6) is 5.75 Å². The first-order chi connectivity index (χ1) is 14.1. The van der Waals surface area contributed by atoms with Gasteiger partial charge in [0.25, 0.3) is 0 Å². The van der Waals surface area contributed by atoms with Gasteiger partial charge in [0, 0.05) is 12.5 Å². The van der Waals surface area contributed by atoms with Gasteiger partial charge >= 0.3 is 5.97 Å². The summed E-state index contributed by atoms with van der Waals surface area (Å²) in [6, 6.07) is 22.0. The van der Waals surface area contributed by atoms with Crippen LogP contribution in [0.1, 0.15) is 23.5 Å². The molecule has 0 aliphatic heterocycles. The Morgan fingerprint density at radius 2 is 1.76 bits per heavy atom. The van der Waals surface area contributed by atoms with Crippen LogP contribution in [-0.4, -0.2) is 30.1 Å². The maximum absolute atomic E-state index is 12.5. The number of carbonyl (C=O) groups is 2. The molecule has 148 valence electrons. The highest BCUT2D eigenvalue weighted by Crippen LogP contribution is 2.48. The highest BCUT2D eigenvalue weighted by atomic mass is 16.5. The van der Waals surface area contributed by atoms with Crippen molar-refractivity contribution >= 4 is 22.6 Å². The molecule has 5 heteroatoms. The number of fused-ring (bicyclic) bond motifs is 1. The summed E-state index contributed by atoms with van der Waals surface area (Å²) in [4.78, 5) is 23.0. The van der Waals surface area contributed by atoms with E-state index in [0.717, 1.165) is 18.4 Å². The van der Waals surface area contributed by atoms with Crippen molar-refractivity contribution in [2.75, 3.05) is 13.2 Å². The first kappa shape index (κ1) is 19.0. The van der Waals surface area contributed by atoms with Gasteiger partial charge in [0.1, 0.15) is 5.75 Å². The van der Waals surface area contributed by atoms with Gasteiger partial charge in [-0.2, -0.15) is 0 Å². The Labute approximate surface area is 169 Å². The monoisotopic (exact) mass is 389 g/mol. The van der Waals surface area contributed by atoms with Crippen LogP contribution in [0.3, 0.4) is 0 Å². The first-order valence-electron chi connectivity index (χ1n) is 9.80. The summed E-state index contributed by atoms with van der Waals surface area (Å²) in [6.45, 7) is 0.226. The van der Waals surface area contributed by atoms with E-state index < -0.39 is 5.97 Å². The standard InChI is InChI=1S/C24H23NO4/c26-23(27)15-29-20-9-5-16(6-10-20)11-12-25-24(28)22-14-21(22)19-8-7-17-3-1-2-4-18(17)13-19/h1-10,13,21-22H,11-12,14-15H2,(H,25,28)(H,26,27). The normalized spacial score (nSPS) is 17.7. The van der Waals surface area contributed by atoms with Gasteiger partial charge in [0.05, 0.1) is 0 Å². The number of carboxylic acid groups (broad SMARTS) is 1. The second-order valence-corrected chi connectivity index (χ2v) is 7.42. The Kier molecular flexibility index (Phi) is 5.47. The van der Waals surface area contributed by atoms with E-state index in [1.807, 2.05) is 24.3 Å². The molecule has 1 aliphatic rings. The van der Waals surface area contributed by atoms with Crippen LogP contribution in [0.2, 0.25) is 0 Å². The van der Waals surface area contributed by atoms with Crippen LogP contribution in [0.25, 0.3) is 10.8 Å². The topological polar surface area (TPSA) is 75.6 Å². The maximum atomic E-state index is 12.5. The number of hydrogen-bond acceptors (Lipinski definition) is 3. The summed E-state index contributed by atoms with van der Waals surface area (Å²) in [5.41, 5.74) is 2.30. The molecule has 2 atom stereocenters. The van der Waals surface area contributed by atoms with Crippen molar-refractivity contribution < 1.29 is 19.4 Å². The van der Waals surface area contributed by atoms with Crippen molar-refractivity contribution in [2.24, 2.45) is 5.92 Å². The number of hydrogen-bond donors (Lipinski definition) is 2. The minimum atomic E-state index is -1.00. The SMILES string of the molecule is O=C(O)COc1ccc(CCNC(=O)C2CC2c2ccc3ccccc3c2)cc1. The summed E-state index contributed by atoms with van der Waals surface area (Å²) in [6.07, 6.45) is 1.62. The highest BCUT2D eigenvalue weighted by molar-refractivity contribution is 5.85. The highest BCUT2D eigenvalue weighted by Gasteiger charge is 2.43. The molecule has 1 fully saturated rings. The molecule has 0 bridgehead atoms. The third kappa shape index (κ3) is 4.74. The lowest BCUT2D eigenvalue weighted by atomic mass is 10.0. The average molecular weight is 389 g/mol. The Balaban J connectivity index is 1.24. The van der Waals surface area contributed by atoms with Crippen molar-refractivity contribution in [3.05, 3.63) is 77.9 Å². The molecule has 1 aliphatic carbocycles. The van der Waals surface area contributed by atoms with Crippen molar-refractivity contribution in [3.8, 4) is 5.75 Å². The lowest BCUT2D eigenvalue weighted by molar-refractivity contribution is -0.139. The van der Waals surface area contributed by atoms with Crippen LogP contribution in [-0.2, 0) is 16.0 Å². The van der Waals surface area contributed by atoms with Crippen LogP contribution in [0, 0.1) is 5.92 Å². The first-order valence-corrected chi connectivity index (χ1v) is 9.80. The van der Waals surface area contributed by atoms with Crippen LogP contribution >= 0.6 is 0 Å². The molecule has 2 N–H and O–H groups in total. The molecule has 1 saturated carbocycles. The molecule has 3 aromatic carbocycles. The maximum Gasteiger partial charge on any atom is 0.341 e. The quantitative estimate of drug-likeness (QED) is 0.615. The van der Waals surface area contributed by atoms with Gasteiger partial charge in [-0.3, -0.25) is 4.79 Å². The van der Waals surface area contributed by atoms with Gasteiger partial charge in [-0.15, -0.1) is 0 Å². The number of amides is 1. The molecule has 0 heterocycles. The Bertz CT molecular complexity index is 1030. The van der Waals surface area contributed by atoms with Gasteiger partial charge in [0.15, 0.2) is 6.61 Å². The summed E-state index contributed by atoms with van der Waals surface area (Å²) in [5.74, 6) is 0.00746. The van der Waals surface area contributed by atoms with Crippen molar-refractivity contribution in [1.82, 2.24) is 5.32 Å². The smallest absolute Gasteiger partial charge is 0.341 e. The number of ether oxygens (including phenoxy) is 1. The summed E-state index contributed by atoms with van der Waals surface area (Å²) < 4.78 is 5.12. The van der Waals surface area contributed by atoms with E-state index in [4.69, 9.17) is 9.84 Å². The largest absolute Gasteiger partial charge is 0.482 e. The number of benzene rings is 3. The van der Waals surface area contributed by atoms with Crippen molar-refractivity contribution in [1.29, 1.82) is 0 Å². The second kappa shape index (κ2) is 8.35. The summed E-state index contributed by atoms with van der Waals surface area (Å²) in [7, 11) is 0. The van der Waals surface area contributed by atoms with Crippen molar-refractivity contribution in [2.45, 2.75) is 18.8 Å². The molecule has 1 amide bonds. The molecule has 29 heavy (non-hydrogen) atoms. The van der Waals surface area contributed by atoms with Crippen LogP contribution < -0.4 is 10.1 Å². The van der Waals surface area contributed by atoms with Crippen molar-refractivity contribution in [3.63, 3.8) is 0 Å². The zero-order valence-electron chi connectivity index (χ0n) is 16.0. The van der Waals surface area contributed by atoms with Crippen LogP contribution in [0.4, 0.5) is 0 Å². The fourth-order valence-corrected chi connectivity index (χ4v) is 3.65. The molecule has 2 unspecified atom stereocenters. The Morgan fingerprint density at radius 1 is 1.00 bits per heavy atom. The van der Waals surface area contributed by atoms with Gasteiger partial charge in [0.2, 0.25) is 5.91 Å². The molecule has 0 spiro atoms.